The van der Waals surface area contributed by atoms with Crippen molar-refractivity contribution in [1.29, 1.82) is 0 Å². The molecule has 1 nitrogen and oxygen atoms in total. The van der Waals surface area contributed by atoms with Crippen LogP contribution in [0.4, 0.5) is 0 Å². The van der Waals surface area contributed by atoms with Crippen molar-refractivity contribution in [3.8, 4) is 0 Å². The summed E-state index contributed by atoms with van der Waals surface area (Å²) in [4.78, 5) is 2.43. The first kappa shape index (κ1) is 13.5. The summed E-state index contributed by atoms with van der Waals surface area (Å²) in [7, 11) is 0. The molecular formula is C14H22ClN. The van der Waals surface area contributed by atoms with Gasteiger partial charge >= 0.3 is 0 Å². The van der Waals surface area contributed by atoms with Gasteiger partial charge in [-0.15, -0.1) is 11.6 Å². The third kappa shape index (κ3) is 5.53. The average molecular weight is 240 g/mol. The number of nitrogens with zero attached hydrogens (tertiary/aromatic N) is 1. The second-order valence-corrected chi connectivity index (χ2v) is 5.01. The molecule has 0 aliphatic rings. The summed E-state index contributed by atoms with van der Waals surface area (Å²) in [6.45, 7) is 7.66. The molecule has 2 heteroatoms. The molecule has 16 heavy (non-hydrogen) atoms. The summed E-state index contributed by atoms with van der Waals surface area (Å²) in [6.07, 6.45) is 1.24. The van der Waals surface area contributed by atoms with Crippen LogP contribution in [0.25, 0.3) is 0 Å². The van der Waals surface area contributed by atoms with Crippen LogP contribution in [-0.2, 0) is 6.54 Å². The van der Waals surface area contributed by atoms with Crippen molar-refractivity contribution < 1.29 is 0 Å². The first-order valence-corrected chi connectivity index (χ1v) is 6.58. The van der Waals surface area contributed by atoms with Crippen LogP contribution in [0, 0.1) is 5.92 Å². The second-order valence-electron chi connectivity index (χ2n) is 4.63. The normalized spacial score (nSPS) is 11.3. The Morgan fingerprint density at radius 2 is 1.81 bits per heavy atom. The Bertz CT molecular complexity index is 271. The molecule has 0 unspecified atom stereocenters. The van der Waals surface area contributed by atoms with Gasteiger partial charge in [-0.05, 0) is 24.4 Å². The fraction of sp³-hybridized carbons (Fsp3) is 0.571. The third-order valence-corrected chi connectivity index (χ3v) is 2.84. The fourth-order valence-electron chi connectivity index (χ4n) is 1.67. The number of halogens is 1. The van der Waals surface area contributed by atoms with Gasteiger partial charge in [-0.2, -0.15) is 0 Å². The first-order chi connectivity index (χ1) is 7.72. The molecule has 1 rings (SSSR count). The Labute approximate surface area is 104 Å². The predicted molar refractivity (Wildman–Crippen MR) is 71.9 cm³/mol. The summed E-state index contributed by atoms with van der Waals surface area (Å²) in [5.74, 6) is 1.47. The van der Waals surface area contributed by atoms with Gasteiger partial charge in [-0.3, -0.25) is 4.90 Å². The maximum absolute atomic E-state index is 5.84. The zero-order valence-corrected chi connectivity index (χ0v) is 11.1. The van der Waals surface area contributed by atoms with E-state index in [4.69, 9.17) is 11.6 Å². The fourth-order valence-corrected chi connectivity index (χ4v) is 1.91. The van der Waals surface area contributed by atoms with E-state index < -0.39 is 0 Å². The summed E-state index contributed by atoms with van der Waals surface area (Å²) in [5, 5.41) is 0. The molecule has 0 heterocycles. The third-order valence-electron chi connectivity index (χ3n) is 2.67. The van der Waals surface area contributed by atoms with Crippen LogP contribution in [0.15, 0.2) is 30.3 Å². The van der Waals surface area contributed by atoms with E-state index in [9.17, 15) is 0 Å². The molecule has 0 amide bonds. The first-order valence-electron chi connectivity index (χ1n) is 6.04. The van der Waals surface area contributed by atoms with Gasteiger partial charge in [0.1, 0.15) is 0 Å². The van der Waals surface area contributed by atoms with Gasteiger partial charge < -0.3 is 0 Å². The van der Waals surface area contributed by atoms with E-state index in [1.165, 1.54) is 12.0 Å². The maximum Gasteiger partial charge on any atom is 0.0351 e. The van der Waals surface area contributed by atoms with Gasteiger partial charge in [0.25, 0.3) is 0 Å². The Kier molecular flexibility index (Phi) is 6.51. The van der Waals surface area contributed by atoms with Crippen molar-refractivity contribution in [3.05, 3.63) is 35.9 Å². The summed E-state index contributed by atoms with van der Waals surface area (Å²) in [5.41, 5.74) is 1.37. The summed E-state index contributed by atoms with van der Waals surface area (Å²) >= 11 is 5.84. The smallest absolute Gasteiger partial charge is 0.0351 e. The van der Waals surface area contributed by atoms with Crippen molar-refractivity contribution in [2.75, 3.05) is 19.0 Å². The van der Waals surface area contributed by atoms with Crippen LogP contribution in [0.3, 0.4) is 0 Å². The van der Waals surface area contributed by atoms with Crippen molar-refractivity contribution in [1.82, 2.24) is 4.90 Å². The highest BCUT2D eigenvalue weighted by atomic mass is 35.5. The lowest BCUT2D eigenvalue weighted by atomic mass is 10.1. The number of hydrogen-bond acceptors (Lipinski definition) is 1. The SMILES string of the molecule is CC(C)CCN(CCCl)Cc1ccccc1. The van der Waals surface area contributed by atoms with Crippen LogP contribution in [-0.4, -0.2) is 23.9 Å². The van der Waals surface area contributed by atoms with Gasteiger partial charge in [0.2, 0.25) is 0 Å². The minimum atomic E-state index is 0.713. The molecule has 0 bridgehead atoms. The Morgan fingerprint density at radius 3 is 2.38 bits per heavy atom. The van der Waals surface area contributed by atoms with Crippen LogP contribution >= 0.6 is 11.6 Å². The maximum atomic E-state index is 5.84. The molecule has 0 radical (unpaired) electrons. The molecule has 0 saturated heterocycles. The van der Waals surface area contributed by atoms with Gasteiger partial charge in [0, 0.05) is 19.0 Å². The highest BCUT2D eigenvalue weighted by molar-refractivity contribution is 6.18. The van der Waals surface area contributed by atoms with Gasteiger partial charge in [-0.25, -0.2) is 0 Å². The molecule has 90 valence electrons. The van der Waals surface area contributed by atoms with E-state index in [-0.39, 0.29) is 0 Å². The minimum Gasteiger partial charge on any atom is -0.298 e. The van der Waals surface area contributed by atoms with Crippen LogP contribution in [0.5, 0.6) is 0 Å². The van der Waals surface area contributed by atoms with Crippen LogP contribution in [0.2, 0.25) is 0 Å². The lowest BCUT2D eigenvalue weighted by molar-refractivity contribution is 0.264. The summed E-state index contributed by atoms with van der Waals surface area (Å²) < 4.78 is 0. The molecule has 0 aliphatic carbocycles. The topological polar surface area (TPSA) is 3.24 Å². The monoisotopic (exact) mass is 239 g/mol. The van der Waals surface area contributed by atoms with E-state index >= 15 is 0 Å². The quantitative estimate of drug-likeness (QED) is 0.655. The second kappa shape index (κ2) is 7.70. The molecule has 0 fully saturated rings. The lowest BCUT2D eigenvalue weighted by Gasteiger charge is -2.22. The number of alkyl halides is 1. The van der Waals surface area contributed by atoms with E-state index in [0.717, 1.165) is 25.6 Å². The molecule has 1 aromatic carbocycles. The lowest BCUT2D eigenvalue weighted by Crippen LogP contribution is -2.27. The highest BCUT2D eigenvalue weighted by Gasteiger charge is 2.06. The average Bonchev–Trinajstić information content (AvgIpc) is 2.27. The molecule has 0 aliphatic heterocycles. The Balaban J connectivity index is 2.44. The van der Waals surface area contributed by atoms with E-state index in [2.05, 4.69) is 49.1 Å². The van der Waals surface area contributed by atoms with E-state index in [1.807, 2.05) is 0 Å². The van der Waals surface area contributed by atoms with Crippen molar-refractivity contribution >= 4 is 11.6 Å². The number of benzene rings is 1. The zero-order chi connectivity index (χ0) is 11.8. The van der Waals surface area contributed by atoms with E-state index in [1.54, 1.807) is 0 Å². The van der Waals surface area contributed by atoms with Crippen molar-refractivity contribution in [2.45, 2.75) is 26.8 Å². The molecule has 0 atom stereocenters. The molecule has 0 saturated carbocycles. The molecular weight excluding hydrogens is 218 g/mol. The number of rotatable bonds is 7. The van der Waals surface area contributed by atoms with Crippen molar-refractivity contribution in [3.63, 3.8) is 0 Å². The Hall–Kier alpha value is -0.530. The van der Waals surface area contributed by atoms with Gasteiger partial charge in [0.15, 0.2) is 0 Å². The van der Waals surface area contributed by atoms with Crippen LogP contribution < -0.4 is 0 Å². The zero-order valence-electron chi connectivity index (χ0n) is 10.3. The largest absolute Gasteiger partial charge is 0.298 e. The molecule has 0 N–H and O–H groups in total. The molecule has 0 spiro atoms. The number of hydrogen-bond donors (Lipinski definition) is 0. The Morgan fingerprint density at radius 1 is 1.12 bits per heavy atom. The van der Waals surface area contributed by atoms with Gasteiger partial charge in [0.05, 0.1) is 0 Å². The van der Waals surface area contributed by atoms with Gasteiger partial charge in [-0.1, -0.05) is 44.2 Å². The summed E-state index contributed by atoms with van der Waals surface area (Å²) in [6, 6.07) is 10.6. The highest BCUT2D eigenvalue weighted by Crippen LogP contribution is 2.08. The van der Waals surface area contributed by atoms with E-state index in [0.29, 0.717) is 5.88 Å². The predicted octanol–water partition coefficient (Wildman–Crippen LogP) is 3.77. The standard InChI is InChI=1S/C14H22ClN/c1-13(2)8-10-16(11-9-15)12-14-6-4-3-5-7-14/h3-7,13H,8-12H2,1-2H3. The molecule has 0 aromatic heterocycles. The molecule has 1 aromatic rings. The van der Waals surface area contributed by atoms with Crippen molar-refractivity contribution in [2.24, 2.45) is 5.92 Å². The van der Waals surface area contributed by atoms with Crippen LogP contribution in [0.1, 0.15) is 25.8 Å². The minimum absolute atomic E-state index is 0.713.